The largest absolute Gasteiger partial charge is 0.492 e. The first-order valence-corrected chi connectivity index (χ1v) is 11.6. The lowest BCUT2D eigenvalue weighted by atomic mass is 10.0. The van der Waals surface area contributed by atoms with Crippen molar-refractivity contribution < 1.29 is 5.11 Å². The maximum absolute atomic E-state index is 11.0. The van der Waals surface area contributed by atoms with Crippen LogP contribution in [0.1, 0.15) is 27.9 Å². The van der Waals surface area contributed by atoms with Crippen LogP contribution in [0.3, 0.4) is 0 Å². The van der Waals surface area contributed by atoms with Crippen LogP contribution in [0.2, 0.25) is 5.02 Å². The van der Waals surface area contributed by atoms with Gasteiger partial charge in [-0.15, -0.1) is 5.10 Å². The molecule has 1 saturated heterocycles. The molecule has 1 fully saturated rings. The van der Waals surface area contributed by atoms with Crippen molar-refractivity contribution >= 4 is 33.6 Å². The van der Waals surface area contributed by atoms with Crippen LogP contribution in [0.15, 0.2) is 48.5 Å². The predicted molar refractivity (Wildman–Crippen MR) is 126 cm³/mol. The number of piperazine rings is 1. The summed E-state index contributed by atoms with van der Waals surface area (Å²) >= 11 is 7.71. The molecule has 31 heavy (non-hydrogen) atoms. The van der Waals surface area contributed by atoms with Gasteiger partial charge in [0.25, 0.3) is 0 Å². The van der Waals surface area contributed by atoms with Crippen molar-refractivity contribution in [2.45, 2.75) is 19.9 Å². The minimum absolute atomic E-state index is 0.0461. The number of hydrogen-bond acceptors (Lipinski definition) is 6. The average molecular weight is 454 g/mol. The van der Waals surface area contributed by atoms with Crippen molar-refractivity contribution in [3.63, 3.8) is 0 Å². The van der Waals surface area contributed by atoms with Crippen molar-refractivity contribution in [2.24, 2.45) is 0 Å². The first-order chi connectivity index (χ1) is 15.0. The fourth-order valence-electron chi connectivity index (χ4n) is 4.31. The maximum atomic E-state index is 11.0. The van der Waals surface area contributed by atoms with Gasteiger partial charge in [-0.25, -0.2) is 4.98 Å². The molecule has 0 saturated carbocycles. The van der Waals surface area contributed by atoms with Crippen molar-refractivity contribution in [1.82, 2.24) is 19.5 Å². The molecule has 4 aromatic rings. The van der Waals surface area contributed by atoms with E-state index in [1.807, 2.05) is 25.1 Å². The lowest BCUT2D eigenvalue weighted by Gasteiger charge is -2.40. The van der Waals surface area contributed by atoms with E-state index in [9.17, 15) is 5.11 Å². The van der Waals surface area contributed by atoms with E-state index in [0.717, 1.165) is 46.7 Å². The topological polar surface area (TPSA) is 56.9 Å². The van der Waals surface area contributed by atoms with Crippen LogP contribution in [0.4, 0.5) is 5.69 Å². The van der Waals surface area contributed by atoms with E-state index in [1.54, 1.807) is 4.52 Å². The summed E-state index contributed by atoms with van der Waals surface area (Å²) in [4.78, 5) is 10.9. The van der Waals surface area contributed by atoms with Gasteiger partial charge in [-0.2, -0.15) is 4.52 Å². The third kappa shape index (κ3) is 3.89. The van der Waals surface area contributed by atoms with E-state index in [1.165, 1.54) is 22.5 Å². The number of aryl methyl sites for hydroxylation is 2. The van der Waals surface area contributed by atoms with Crippen LogP contribution >= 0.6 is 22.9 Å². The Kier molecular flexibility index (Phi) is 5.33. The molecule has 160 valence electrons. The molecule has 1 unspecified atom stereocenters. The number of halogens is 1. The predicted octanol–water partition coefficient (Wildman–Crippen LogP) is 4.68. The zero-order valence-corrected chi connectivity index (χ0v) is 19.1. The highest BCUT2D eigenvalue weighted by Gasteiger charge is 2.31. The third-order valence-electron chi connectivity index (χ3n) is 5.76. The summed E-state index contributed by atoms with van der Waals surface area (Å²) in [6.45, 7) is 7.47. The number of anilines is 1. The SMILES string of the molecule is Cc1cccc(C(c2sc3nc(C)nn3c2O)N2CCN(c3cccc(Cl)c3)CC2)c1. The number of hydrogen-bond donors (Lipinski definition) is 1. The monoisotopic (exact) mass is 453 g/mol. The summed E-state index contributed by atoms with van der Waals surface area (Å²) in [5.74, 6) is 0.847. The number of aromatic nitrogens is 3. The Morgan fingerprint density at radius 1 is 1.03 bits per heavy atom. The van der Waals surface area contributed by atoms with Crippen molar-refractivity contribution in [3.8, 4) is 5.88 Å². The lowest BCUT2D eigenvalue weighted by Crippen LogP contribution is -2.47. The second kappa shape index (κ2) is 8.15. The van der Waals surface area contributed by atoms with Gasteiger partial charge in [0.15, 0.2) is 0 Å². The van der Waals surface area contributed by atoms with Gasteiger partial charge in [-0.05, 0) is 37.6 Å². The molecule has 2 aromatic carbocycles. The smallest absolute Gasteiger partial charge is 0.230 e. The molecule has 0 amide bonds. The standard InChI is InChI=1S/C23H24ClN5OS/c1-15-5-3-6-17(13-15)20(21-22(30)29-23(31-21)25-16(2)26-29)28-11-9-27(10-12-28)19-8-4-7-18(24)14-19/h3-8,13-14,20,30H,9-12H2,1-2H3. The van der Waals surface area contributed by atoms with E-state index in [-0.39, 0.29) is 11.9 Å². The molecule has 8 heteroatoms. The van der Waals surface area contributed by atoms with Gasteiger partial charge in [0.2, 0.25) is 10.8 Å². The molecule has 1 N–H and O–H groups in total. The Bertz CT molecular complexity index is 1230. The first kappa shape index (κ1) is 20.3. The zero-order chi connectivity index (χ0) is 21.5. The normalized spacial score (nSPS) is 16.2. The summed E-state index contributed by atoms with van der Waals surface area (Å²) in [7, 11) is 0. The summed E-state index contributed by atoms with van der Waals surface area (Å²) in [6, 6.07) is 16.5. The Hall–Kier alpha value is -2.61. The van der Waals surface area contributed by atoms with Crippen LogP contribution in [-0.2, 0) is 0 Å². The average Bonchev–Trinajstić information content (AvgIpc) is 3.26. The zero-order valence-electron chi connectivity index (χ0n) is 17.5. The van der Waals surface area contributed by atoms with Gasteiger partial charge >= 0.3 is 0 Å². The molecular weight excluding hydrogens is 430 g/mol. The fourth-order valence-corrected chi connectivity index (χ4v) is 5.65. The molecule has 1 aliphatic rings. The fraction of sp³-hybridized carbons (Fsp3) is 0.304. The molecule has 0 radical (unpaired) electrons. The molecule has 1 aliphatic heterocycles. The molecule has 5 rings (SSSR count). The molecule has 1 atom stereocenters. The van der Waals surface area contributed by atoms with E-state index in [2.05, 4.69) is 57.1 Å². The Balaban J connectivity index is 1.48. The van der Waals surface area contributed by atoms with Crippen molar-refractivity contribution in [3.05, 3.63) is 75.4 Å². The lowest BCUT2D eigenvalue weighted by molar-refractivity contribution is 0.211. The van der Waals surface area contributed by atoms with Crippen molar-refractivity contribution in [2.75, 3.05) is 31.1 Å². The molecule has 0 spiro atoms. The number of benzene rings is 2. The molecule has 6 nitrogen and oxygen atoms in total. The van der Waals surface area contributed by atoms with E-state index in [4.69, 9.17) is 11.6 Å². The van der Waals surface area contributed by atoms with Gasteiger partial charge in [-0.3, -0.25) is 4.90 Å². The third-order valence-corrected chi connectivity index (χ3v) is 7.07. The van der Waals surface area contributed by atoms with Gasteiger partial charge in [-0.1, -0.05) is 58.8 Å². The number of fused-ring (bicyclic) bond motifs is 1. The Morgan fingerprint density at radius 3 is 2.52 bits per heavy atom. The minimum atomic E-state index is -0.0461. The molecular formula is C23H24ClN5OS. The van der Waals surface area contributed by atoms with E-state index < -0.39 is 0 Å². The van der Waals surface area contributed by atoms with Crippen LogP contribution in [0, 0.1) is 13.8 Å². The molecule has 0 aliphatic carbocycles. The summed E-state index contributed by atoms with van der Waals surface area (Å²) in [5, 5.41) is 16.1. The van der Waals surface area contributed by atoms with E-state index in [0.29, 0.717) is 5.82 Å². The molecule has 2 aromatic heterocycles. The minimum Gasteiger partial charge on any atom is -0.492 e. The molecule has 0 bridgehead atoms. The maximum Gasteiger partial charge on any atom is 0.230 e. The van der Waals surface area contributed by atoms with Crippen LogP contribution < -0.4 is 4.90 Å². The highest BCUT2D eigenvalue weighted by molar-refractivity contribution is 7.17. The highest BCUT2D eigenvalue weighted by atomic mass is 35.5. The van der Waals surface area contributed by atoms with Crippen molar-refractivity contribution in [1.29, 1.82) is 0 Å². The summed E-state index contributed by atoms with van der Waals surface area (Å²) < 4.78 is 1.56. The van der Waals surface area contributed by atoms with Crippen LogP contribution in [0.5, 0.6) is 5.88 Å². The number of rotatable bonds is 4. The first-order valence-electron chi connectivity index (χ1n) is 10.4. The van der Waals surface area contributed by atoms with Gasteiger partial charge in [0.05, 0.1) is 10.9 Å². The Morgan fingerprint density at radius 2 is 1.81 bits per heavy atom. The van der Waals surface area contributed by atoms with Gasteiger partial charge in [0.1, 0.15) is 5.82 Å². The highest BCUT2D eigenvalue weighted by Crippen LogP contribution is 2.40. The van der Waals surface area contributed by atoms with Gasteiger partial charge < -0.3 is 10.0 Å². The second-order valence-corrected chi connectivity index (χ2v) is 9.41. The second-order valence-electron chi connectivity index (χ2n) is 7.96. The number of nitrogens with zero attached hydrogens (tertiary/aromatic N) is 5. The van der Waals surface area contributed by atoms with Crippen LogP contribution in [-0.4, -0.2) is 50.8 Å². The summed E-state index contributed by atoms with van der Waals surface area (Å²) in [5.41, 5.74) is 3.53. The number of aromatic hydroxyl groups is 1. The summed E-state index contributed by atoms with van der Waals surface area (Å²) in [6.07, 6.45) is 0. The van der Waals surface area contributed by atoms with E-state index >= 15 is 0 Å². The molecule has 3 heterocycles. The number of thiazole rings is 1. The Labute approximate surface area is 190 Å². The van der Waals surface area contributed by atoms with Gasteiger partial charge in [0, 0.05) is 36.9 Å². The van der Waals surface area contributed by atoms with Crippen LogP contribution in [0.25, 0.3) is 4.96 Å². The quantitative estimate of drug-likeness (QED) is 0.486.